The Balaban J connectivity index is 1.84. The molecule has 0 atom stereocenters. The zero-order chi connectivity index (χ0) is 19.2. The van der Waals surface area contributed by atoms with Crippen LogP contribution in [0.1, 0.15) is 10.4 Å². The van der Waals surface area contributed by atoms with Gasteiger partial charge in [-0.3, -0.25) is 4.79 Å². The van der Waals surface area contributed by atoms with E-state index >= 15 is 0 Å². The van der Waals surface area contributed by atoms with E-state index in [1.807, 2.05) is 6.07 Å². The van der Waals surface area contributed by atoms with Crippen LogP contribution in [0.4, 0.5) is 22.0 Å². The predicted octanol–water partition coefficient (Wildman–Crippen LogP) is 3.58. The van der Waals surface area contributed by atoms with Crippen molar-refractivity contribution in [3.8, 4) is 5.75 Å². The van der Waals surface area contributed by atoms with Crippen molar-refractivity contribution in [3.05, 3.63) is 71.6 Å². The van der Waals surface area contributed by atoms with E-state index in [-0.39, 0.29) is 22.8 Å². The maximum Gasteiger partial charge on any atom is 0.409 e. The predicted molar refractivity (Wildman–Crippen MR) is 101 cm³/mol. The fourth-order valence-electron chi connectivity index (χ4n) is 2.22. The minimum Gasteiger partial charge on any atom is -0.410 e. The van der Waals surface area contributed by atoms with Gasteiger partial charge in [0.1, 0.15) is 11.4 Å². The highest BCUT2D eigenvalue weighted by Crippen LogP contribution is 2.26. The van der Waals surface area contributed by atoms with Gasteiger partial charge in [-0.1, -0.05) is 24.3 Å². The molecule has 0 saturated carbocycles. The van der Waals surface area contributed by atoms with Gasteiger partial charge in [0.2, 0.25) is 5.28 Å². The number of nitrogens with two attached hydrogens (primary N) is 1. The van der Waals surface area contributed by atoms with Crippen LogP contribution < -0.4 is 21.1 Å². The summed E-state index contributed by atoms with van der Waals surface area (Å²) in [5.74, 6) is 0.202. The Morgan fingerprint density at radius 2 is 1.85 bits per heavy atom. The molecule has 8 nitrogen and oxygen atoms in total. The molecule has 2 amide bonds. The molecule has 0 aliphatic rings. The van der Waals surface area contributed by atoms with Gasteiger partial charge in [-0.15, -0.1) is 0 Å². The number of carbonyl (C=O) groups is 2. The third-order valence-electron chi connectivity index (χ3n) is 3.36. The summed E-state index contributed by atoms with van der Waals surface area (Å²) in [7, 11) is 0. The number of ether oxygens (including phenoxy) is 1. The lowest BCUT2D eigenvalue weighted by atomic mass is 10.2. The molecule has 3 aromatic rings. The lowest BCUT2D eigenvalue weighted by Crippen LogP contribution is -2.16. The summed E-state index contributed by atoms with van der Waals surface area (Å²) in [6, 6.07) is 15.2. The summed E-state index contributed by atoms with van der Waals surface area (Å²) in [6.45, 7) is 0. The molecular formula is C18H14ClN5O3. The van der Waals surface area contributed by atoms with Gasteiger partial charge in [0, 0.05) is 17.3 Å². The topological polar surface area (TPSA) is 119 Å². The first-order valence-electron chi connectivity index (χ1n) is 7.74. The number of primary amides is 1. The second kappa shape index (κ2) is 8.15. The first kappa shape index (κ1) is 18.2. The van der Waals surface area contributed by atoms with Crippen molar-refractivity contribution in [2.75, 3.05) is 10.6 Å². The van der Waals surface area contributed by atoms with Gasteiger partial charge >= 0.3 is 6.09 Å². The van der Waals surface area contributed by atoms with Crippen LogP contribution in [0, 0.1) is 0 Å². The third-order valence-corrected chi connectivity index (χ3v) is 3.54. The average Bonchev–Trinajstić information content (AvgIpc) is 2.64. The van der Waals surface area contributed by atoms with E-state index in [2.05, 4.69) is 20.6 Å². The summed E-state index contributed by atoms with van der Waals surface area (Å²) in [6.07, 6.45) is 0.468. The number of hydrogen-bond donors (Lipinski definition) is 3. The summed E-state index contributed by atoms with van der Waals surface area (Å²) in [4.78, 5) is 31.3. The minimum absolute atomic E-state index is 0.000231. The van der Waals surface area contributed by atoms with Crippen LogP contribution in [0.2, 0.25) is 5.28 Å². The first-order chi connectivity index (χ1) is 13.0. The molecule has 9 heteroatoms. The number of rotatable bonds is 5. The molecule has 0 aliphatic heterocycles. The highest BCUT2D eigenvalue weighted by Gasteiger charge is 2.12. The van der Waals surface area contributed by atoms with Crippen molar-refractivity contribution < 1.29 is 14.3 Å². The van der Waals surface area contributed by atoms with E-state index in [1.165, 1.54) is 6.20 Å². The van der Waals surface area contributed by atoms with E-state index in [9.17, 15) is 9.59 Å². The zero-order valence-corrected chi connectivity index (χ0v) is 14.6. The molecule has 27 heavy (non-hydrogen) atoms. The molecule has 136 valence electrons. The van der Waals surface area contributed by atoms with Crippen LogP contribution in [-0.4, -0.2) is 22.0 Å². The molecule has 0 radical (unpaired) electrons. The molecule has 1 aromatic heterocycles. The van der Waals surface area contributed by atoms with Gasteiger partial charge in [0.25, 0.3) is 5.91 Å². The van der Waals surface area contributed by atoms with E-state index < -0.39 is 6.09 Å². The normalized spacial score (nSPS) is 10.1. The number of aromatic nitrogens is 2. The number of anilines is 3. The molecule has 1 heterocycles. The van der Waals surface area contributed by atoms with Crippen molar-refractivity contribution >= 4 is 40.8 Å². The fourth-order valence-corrected chi connectivity index (χ4v) is 2.35. The van der Waals surface area contributed by atoms with Crippen LogP contribution in [0.3, 0.4) is 0 Å². The highest BCUT2D eigenvalue weighted by atomic mass is 35.5. The van der Waals surface area contributed by atoms with Gasteiger partial charge < -0.3 is 21.1 Å². The summed E-state index contributed by atoms with van der Waals surface area (Å²) in [5.41, 5.74) is 6.36. The van der Waals surface area contributed by atoms with Crippen molar-refractivity contribution in [1.29, 1.82) is 0 Å². The fraction of sp³-hybridized carbons (Fsp3) is 0. The standard InChI is InChI=1S/C18H14ClN5O3/c19-17-21-10-14(23-16(25)11-5-2-1-3-6-11)15(24-17)22-12-7-4-8-13(9-12)27-18(20)26/h1-10H,(H2,20,26)(H,23,25)(H,21,22,24). The Kier molecular flexibility index (Phi) is 5.48. The Morgan fingerprint density at radius 3 is 2.59 bits per heavy atom. The quantitative estimate of drug-likeness (QED) is 0.579. The lowest BCUT2D eigenvalue weighted by Gasteiger charge is -2.12. The smallest absolute Gasteiger partial charge is 0.409 e. The largest absolute Gasteiger partial charge is 0.410 e. The number of hydrogen-bond acceptors (Lipinski definition) is 6. The summed E-state index contributed by atoms with van der Waals surface area (Å²) in [5, 5.41) is 5.73. The molecule has 0 saturated heterocycles. The summed E-state index contributed by atoms with van der Waals surface area (Å²) < 4.78 is 4.84. The first-order valence-corrected chi connectivity index (χ1v) is 8.12. The monoisotopic (exact) mass is 383 g/mol. The third kappa shape index (κ3) is 4.93. The lowest BCUT2D eigenvalue weighted by molar-refractivity contribution is 0.102. The Labute approximate surface area is 159 Å². The van der Waals surface area contributed by atoms with Crippen LogP contribution >= 0.6 is 11.6 Å². The van der Waals surface area contributed by atoms with E-state index in [4.69, 9.17) is 22.1 Å². The molecule has 0 fully saturated rings. The molecule has 0 bridgehead atoms. The summed E-state index contributed by atoms with van der Waals surface area (Å²) >= 11 is 5.88. The van der Waals surface area contributed by atoms with Crippen LogP contribution in [0.5, 0.6) is 5.75 Å². The van der Waals surface area contributed by atoms with Crippen molar-refractivity contribution in [1.82, 2.24) is 9.97 Å². The molecule has 0 spiro atoms. The van der Waals surface area contributed by atoms with Crippen LogP contribution in [0.25, 0.3) is 0 Å². The van der Waals surface area contributed by atoms with E-state index in [0.717, 1.165) is 0 Å². The SMILES string of the molecule is NC(=O)Oc1cccc(Nc2nc(Cl)ncc2NC(=O)c2ccccc2)c1. The number of halogens is 1. The van der Waals surface area contributed by atoms with E-state index in [1.54, 1.807) is 48.5 Å². The number of carbonyl (C=O) groups excluding carboxylic acids is 2. The number of nitrogens with zero attached hydrogens (tertiary/aromatic N) is 2. The minimum atomic E-state index is -0.923. The number of amides is 2. The molecular weight excluding hydrogens is 370 g/mol. The van der Waals surface area contributed by atoms with Crippen LogP contribution in [-0.2, 0) is 0 Å². The molecule has 4 N–H and O–H groups in total. The molecule has 2 aromatic carbocycles. The highest BCUT2D eigenvalue weighted by molar-refractivity contribution is 6.28. The van der Waals surface area contributed by atoms with Crippen molar-refractivity contribution in [2.45, 2.75) is 0 Å². The van der Waals surface area contributed by atoms with Gasteiger partial charge in [-0.2, -0.15) is 4.98 Å². The zero-order valence-electron chi connectivity index (χ0n) is 13.8. The molecule has 3 rings (SSSR count). The maximum absolute atomic E-state index is 12.4. The van der Waals surface area contributed by atoms with Gasteiger partial charge in [0.05, 0.1) is 6.20 Å². The van der Waals surface area contributed by atoms with Gasteiger partial charge in [-0.05, 0) is 35.9 Å². The van der Waals surface area contributed by atoms with Crippen molar-refractivity contribution in [2.24, 2.45) is 5.73 Å². The average molecular weight is 384 g/mol. The Hall–Kier alpha value is -3.65. The number of benzene rings is 2. The molecule has 0 aliphatic carbocycles. The second-order valence-corrected chi connectivity index (χ2v) is 5.63. The van der Waals surface area contributed by atoms with Crippen molar-refractivity contribution in [3.63, 3.8) is 0 Å². The second-order valence-electron chi connectivity index (χ2n) is 5.30. The Bertz CT molecular complexity index is 982. The molecule has 0 unspecified atom stereocenters. The van der Waals surface area contributed by atoms with E-state index in [0.29, 0.717) is 16.9 Å². The maximum atomic E-state index is 12.4. The van der Waals surface area contributed by atoms with Crippen LogP contribution in [0.15, 0.2) is 60.8 Å². The van der Waals surface area contributed by atoms with Gasteiger partial charge in [-0.25, -0.2) is 9.78 Å². The number of nitrogens with one attached hydrogen (secondary N) is 2. The van der Waals surface area contributed by atoms with Gasteiger partial charge in [0.15, 0.2) is 5.82 Å². The Morgan fingerprint density at radius 1 is 1.07 bits per heavy atom.